The van der Waals surface area contributed by atoms with E-state index in [-0.39, 0.29) is 11.7 Å². The predicted molar refractivity (Wildman–Crippen MR) is 104 cm³/mol. The van der Waals surface area contributed by atoms with Crippen LogP contribution in [0.2, 0.25) is 0 Å². The van der Waals surface area contributed by atoms with Crippen molar-refractivity contribution in [2.24, 2.45) is 0 Å². The predicted octanol–water partition coefficient (Wildman–Crippen LogP) is 2.33. The molecule has 0 spiro atoms. The number of nitrogens with zero attached hydrogens (tertiary/aromatic N) is 5. The van der Waals surface area contributed by atoms with Crippen LogP contribution in [0.4, 0.5) is 11.9 Å². The van der Waals surface area contributed by atoms with Crippen molar-refractivity contribution in [3.05, 3.63) is 45.7 Å². The lowest BCUT2D eigenvalue weighted by molar-refractivity contribution is 0.474. The van der Waals surface area contributed by atoms with Crippen LogP contribution in [0.3, 0.4) is 0 Å². The van der Waals surface area contributed by atoms with Crippen molar-refractivity contribution in [3.63, 3.8) is 0 Å². The molecule has 26 heavy (non-hydrogen) atoms. The van der Waals surface area contributed by atoms with Crippen LogP contribution in [0.15, 0.2) is 41.0 Å². The van der Waals surface area contributed by atoms with E-state index in [9.17, 15) is 5.11 Å². The highest BCUT2D eigenvalue weighted by Gasteiger charge is 2.13. The second kappa shape index (κ2) is 6.78. The van der Waals surface area contributed by atoms with Crippen LogP contribution in [0.5, 0.6) is 5.75 Å². The van der Waals surface area contributed by atoms with Gasteiger partial charge in [-0.3, -0.25) is 0 Å². The topological polar surface area (TPSA) is 127 Å². The number of phenols is 1. The summed E-state index contributed by atoms with van der Waals surface area (Å²) in [7, 11) is 0. The third kappa shape index (κ3) is 3.27. The van der Waals surface area contributed by atoms with Gasteiger partial charge in [-0.2, -0.15) is 19.5 Å². The Labute approximate surface area is 161 Å². The molecule has 0 atom stereocenters. The molecule has 0 bridgehead atoms. The van der Waals surface area contributed by atoms with Crippen molar-refractivity contribution in [2.75, 3.05) is 17.6 Å². The third-order valence-corrected chi connectivity index (χ3v) is 4.69. The summed E-state index contributed by atoms with van der Waals surface area (Å²) in [4.78, 5) is 12.9. The number of rotatable bonds is 5. The fourth-order valence-corrected chi connectivity index (χ4v) is 3.21. The molecule has 1 aromatic carbocycles. The maximum atomic E-state index is 9.47. The molecule has 9 nitrogen and oxygen atoms in total. The van der Waals surface area contributed by atoms with Gasteiger partial charge < -0.3 is 20.6 Å². The second-order valence-electron chi connectivity index (χ2n) is 5.48. The van der Waals surface area contributed by atoms with Crippen molar-refractivity contribution in [1.29, 1.82) is 0 Å². The normalized spacial score (nSPS) is 11.1. The van der Waals surface area contributed by atoms with Crippen molar-refractivity contribution < 1.29 is 9.52 Å². The first-order chi connectivity index (χ1) is 12.6. The maximum absolute atomic E-state index is 9.47. The average Bonchev–Trinajstić information content (AvgIpc) is 3.26. The molecule has 4 N–H and O–H groups in total. The van der Waals surface area contributed by atoms with E-state index in [0.717, 1.165) is 15.6 Å². The lowest BCUT2D eigenvalue weighted by Gasteiger charge is -2.07. The van der Waals surface area contributed by atoms with Crippen LogP contribution < -0.4 is 11.1 Å². The summed E-state index contributed by atoms with van der Waals surface area (Å²) in [6, 6.07) is 8.81. The molecule has 0 saturated heterocycles. The number of nitrogens with one attached hydrogen (secondary N) is 1. The fourth-order valence-electron chi connectivity index (χ4n) is 2.44. The van der Waals surface area contributed by atoms with E-state index in [2.05, 4.69) is 48.0 Å². The van der Waals surface area contributed by atoms with Gasteiger partial charge in [0.1, 0.15) is 5.75 Å². The minimum Gasteiger partial charge on any atom is -0.508 e. The van der Waals surface area contributed by atoms with E-state index in [1.54, 1.807) is 30.5 Å². The molecule has 3 aromatic heterocycles. The summed E-state index contributed by atoms with van der Waals surface area (Å²) in [5.41, 5.74) is 7.08. The fraction of sp³-hybridized carbons (Fsp3) is 0.125. The van der Waals surface area contributed by atoms with E-state index in [1.807, 2.05) is 6.07 Å². The molecule has 132 valence electrons. The first-order valence-corrected chi connectivity index (χ1v) is 8.83. The lowest BCUT2D eigenvalue weighted by Crippen LogP contribution is -2.12. The number of aromatic hydroxyl groups is 1. The standard InChI is InChI=1S/C16H14IN7O2/c17-11-8-10(25)4-3-9(11)5-6-19-15-21-14(18)24-16(22-15)20-13(23-24)12-2-1-7-26-12/h1-4,7-8,25H,5-6H2,(H3,18,19,20,21,22,23)/i17-2. The van der Waals surface area contributed by atoms with E-state index in [0.29, 0.717) is 29.9 Å². The third-order valence-electron chi connectivity index (χ3n) is 3.69. The van der Waals surface area contributed by atoms with Gasteiger partial charge in [-0.05, 0) is 58.8 Å². The first kappa shape index (κ1) is 16.6. The Bertz CT molecular complexity index is 1060. The van der Waals surface area contributed by atoms with Gasteiger partial charge in [0.05, 0.1) is 6.26 Å². The van der Waals surface area contributed by atoms with Crippen molar-refractivity contribution >= 4 is 40.3 Å². The summed E-state index contributed by atoms with van der Waals surface area (Å²) < 4.78 is 7.66. The summed E-state index contributed by atoms with van der Waals surface area (Å²) >= 11 is 2.20. The van der Waals surface area contributed by atoms with E-state index >= 15 is 0 Å². The molecule has 0 radical (unpaired) electrons. The Balaban J connectivity index is 1.51. The molecule has 0 aliphatic heterocycles. The molecule has 10 heteroatoms. The van der Waals surface area contributed by atoms with E-state index in [4.69, 9.17) is 10.2 Å². The number of furan rings is 1. The molecule has 0 fully saturated rings. The number of nitrogens with two attached hydrogens (primary N) is 1. The van der Waals surface area contributed by atoms with Gasteiger partial charge in [0, 0.05) is 10.1 Å². The SMILES string of the molecule is Nc1nc(NCCc2ccc(O)cc2[125I])nc2nc(-c3ccco3)nn12. The van der Waals surface area contributed by atoms with Gasteiger partial charge in [-0.25, -0.2) is 0 Å². The molecule has 0 saturated carbocycles. The summed E-state index contributed by atoms with van der Waals surface area (Å²) in [5.74, 6) is 2.08. The zero-order valence-corrected chi connectivity index (χ0v) is 15.6. The number of benzene rings is 1. The van der Waals surface area contributed by atoms with E-state index < -0.39 is 0 Å². The van der Waals surface area contributed by atoms with Crippen LogP contribution >= 0.6 is 22.6 Å². The summed E-state index contributed by atoms with van der Waals surface area (Å²) in [5, 5.41) is 16.9. The van der Waals surface area contributed by atoms with Crippen LogP contribution in [-0.2, 0) is 6.42 Å². The highest BCUT2D eigenvalue weighted by molar-refractivity contribution is 14.1. The highest BCUT2D eigenvalue weighted by atomic mass is 125. The zero-order valence-electron chi connectivity index (χ0n) is 13.4. The monoisotopic (exact) mass is 461 g/mol. The van der Waals surface area contributed by atoms with Gasteiger partial charge in [-0.1, -0.05) is 6.07 Å². The molecule has 0 aliphatic carbocycles. The minimum atomic E-state index is 0.182. The largest absolute Gasteiger partial charge is 0.508 e. The van der Waals surface area contributed by atoms with Crippen molar-refractivity contribution in [1.82, 2.24) is 24.6 Å². The van der Waals surface area contributed by atoms with E-state index in [1.165, 1.54) is 4.52 Å². The molecule has 0 aliphatic rings. The Hall–Kier alpha value is -2.89. The molecule has 4 rings (SSSR count). The molecule has 3 heterocycles. The van der Waals surface area contributed by atoms with Crippen LogP contribution in [0, 0.1) is 3.57 Å². The quantitative estimate of drug-likeness (QED) is 0.387. The number of phenolic OH excluding ortho intramolecular Hbond substituents is 1. The van der Waals surface area contributed by atoms with Gasteiger partial charge in [0.2, 0.25) is 17.7 Å². The molecule has 0 unspecified atom stereocenters. The van der Waals surface area contributed by atoms with Crippen LogP contribution in [0.25, 0.3) is 17.4 Å². The van der Waals surface area contributed by atoms with Crippen LogP contribution in [0.1, 0.15) is 5.56 Å². The Morgan fingerprint density at radius 2 is 2.12 bits per heavy atom. The van der Waals surface area contributed by atoms with Gasteiger partial charge in [-0.15, -0.1) is 5.10 Å². The highest BCUT2D eigenvalue weighted by Crippen LogP contribution is 2.20. The minimum absolute atomic E-state index is 0.182. The number of anilines is 2. The first-order valence-electron chi connectivity index (χ1n) is 7.75. The van der Waals surface area contributed by atoms with Crippen LogP contribution in [-0.4, -0.2) is 36.2 Å². The number of fused-ring (bicyclic) bond motifs is 1. The molecular formula is C16H14IN7O2. The zero-order chi connectivity index (χ0) is 18.1. The second-order valence-corrected chi connectivity index (χ2v) is 6.64. The van der Waals surface area contributed by atoms with Crippen molar-refractivity contribution in [2.45, 2.75) is 6.42 Å². The van der Waals surface area contributed by atoms with Gasteiger partial charge in [0.15, 0.2) is 5.76 Å². The molecular weight excluding hydrogens is 447 g/mol. The Morgan fingerprint density at radius 1 is 1.23 bits per heavy atom. The maximum Gasteiger partial charge on any atom is 0.259 e. The number of hydrogen-bond donors (Lipinski definition) is 3. The van der Waals surface area contributed by atoms with Crippen molar-refractivity contribution in [3.8, 4) is 17.3 Å². The smallest absolute Gasteiger partial charge is 0.259 e. The summed E-state index contributed by atoms with van der Waals surface area (Å²) in [6.07, 6.45) is 2.30. The molecule has 0 amide bonds. The molecule has 4 aromatic rings. The van der Waals surface area contributed by atoms with Gasteiger partial charge in [0.25, 0.3) is 5.78 Å². The average molecular weight is 461 g/mol. The Morgan fingerprint density at radius 3 is 2.88 bits per heavy atom. The number of halogens is 1. The number of nitrogen functional groups attached to an aromatic ring is 1. The lowest BCUT2D eigenvalue weighted by atomic mass is 10.1. The number of hydrogen-bond acceptors (Lipinski definition) is 8. The summed E-state index contributed by atoms with van der Waals surface area (Å²) in [6.45, 7) is 0.607. The Kier molecular flexibility index (Phi) is 4.32. The van der Waals surface area contributed by atoms with Gasteiger partial charge >= 0.3 is 0 Å². The number of aromatic nitrogens is 5.